The van der Waals surface area contributed by atoms with Crippen LogP contribution in [0.25, 0.3) is 0 Å². The summed E-state index contributed by atoms with van der Waals surface area (Å²) < 4.78 is 4.68. The van der Waals surface area contributed by atoms with Crippen molar-refractivity contribution in [3.05, 3.63) is 82.9 Å². The van der Waals surface area contributed by atoms with Gasteiger partial charge in [0.2, 0.25) is 0 Å². The van der Waals surface area contributed by atoms with Crippen molar-refractivity contribution in [3.8, 4) is 0 Å². The summed E-state index contributed by atoms with van der Waals surface area (Å²) in [6.07, 6.45) is 3.25. The number of hydrogen-bond donors (Lipinski definition) is 2. The number of ether oxygens (including phenoxy) is 1. The van der Waals surface area contributed by atoms with E-state index < -0.39 is 11.9 Å². The highest BCUT2D eigenvalue weighted by atomic mass is 35.5. The van der Waals surface area contributed by atoms with Gasteiger partial charge in [0.05, 0.1) is 35.6 Å². The van der Waals surface area contributed by atoms with Gasteiger partial charge in [0, 0.05) is 18.1 Å². The number of carbonyl (C=O) groups excluding carboxylic acids is 2. The molecule has 142 valence electrons. The average Bonchev–Trinajstić information content (AvgIpc) is 2.74. The molecule has 7 nitrogen and oxygen atoms in total. The molecule has 1 amide bonds. The van der Waals surface area contributed by atoms with Crippen LogP contribution < -0.4 is 10.6 Å². The first-order valence-corrected chi connectivity index (χ1v) is 8.73. The number of anilines is 2. The molecule has 2 N–H and O–H groups in total. The quantitative estimate of drug-likeness (QED) is 0.616. The smallest absolute Gasteiger partial charge is 0.337 e. The van der Waals surface area contributed by atoms with Gasteiger partial charge in [-0.2, -0.15) is 0 Å². The minimum absolute atomic E-state index is 0.200. The largest absolute Gasteiger partial charge is 0.465 e. The van der Waals surface area contributed by atoms with Gasteiger partial charge in [-0.3, -0.25) is 14.8 Å². The highest BCUT2D eigenvalue weighted by Crippen LogP contribution is 2.24. The van der Waals surface area contributed by atoms with Gasteiger partial charge >= 0.3 is 5.97 Å². The second-order valence-electron chi connectivity index (χ2n) is 5.74. The van der Waals surface area contributed by atoms with Crippen LogP contribution >= 0.6 is 11.6 Å². The van der Waals surface area contributed by atoms with Crippen LogP contribution in [0.4, 0.5) is 11.4 Å². The zero-order chi connectivity index (χ0) is 19.9. The normalized spacial score (nSPS) is 10.2. The number of esters is 1. The van der Waals surface area contributed by atoms with Crippen LogP contribution in [0.15, 0.2) is 60.9 Å². The van der Waals surface area contributed by atoms with E-state index in [4.69, 9.17) is 11.6 Å². The maximum atomic E-state index is 12.6. The van der Waals surface area contributed by atoms with Crippen LogP contribution in [0, 0.1) is 0 Å². The number of amides is 1. The molecule has 8 heteroatoms. The monoisotopic (exact) mass is 396 g/mol. The zero-order valence-electron chi connectivity index (χ0n) is 15.0. The molecule has 0 fully saturated rings. The van der Waals surface area contributed by atoms with Gasteiger partial charge in [-0.1, -0.05) is 17.7 Å². The van der Waals surface area contributed by atoms with E-state index in [1.165, 1.54) is 31.5 Å². The molecule has 28 heavy (non-hydrogen) atoms. The van der Waals surface area contributed by atoms with Gasteiger partial charge in [0.25, 0.3) is 5.91 Å². The van der Waals surface area contributed by atoms with Gasteiger partial charge in [-0.15, -0.1) is 0 Å². The van der Waals surface area contributed by atoms with Crippen molar-refractivity contribution in [2.45, 2.75) is 6.54 Å². The first-order valence-electron chi connectivity index (χ1n) is 8.36. The highest BCUT2D eigenvalue weighted by molar-refractivity contribution is 6.34. The number of rotatable bonds is 6. The molecule has 0 atom stereocenters. The molecule has 0 unspecified atom stereocenters. The molecule has 0 spiro atoms. The number of carbonyl (C=O) groups is 2. The Morgan fingerprint density at radius 2 is 1.93 bits per heavy atom. The van der Waals surface area contributed by atoms with E-state index in [9.17, 15) is 9.59 Å². The maximum Gasteiger partial charge on any atom is 0.337 e. The lowest BCUT2D eigenvalue weighted by molar-refractivity contribution is 0.0600. The van der Waals surface area contributed by atoms with Crippen LogP contribution in [-0.4, -0.2) is 29.0 Å². The molecule has 3 aromatic rings. The molecule has 2 heterocycles. The number of nitrogens with one attached hydrogen (secondary N) is 2. The van der Waals surface area contributed by atoms with E-state index in [0.29, 0.717) is 17.3 Å². The SMILES string of the molecule is COC(=O)c1ccc(Cl)c(NC(=O)c2cc(NCc3ccccn3)ccn2)c1. The lowest BCUT2D eigenvalue weighted by Crippen LogP contribution is -2.15. The molecule has 0 radical (unpaired) electrons. The predicted octanol–water partition coefficient (Wildman–Crippen LogP) is 3.78. The summed E-state index contributed by atoms with van der Waals surface area (Å²) >= 11 is 6.12. The summed E-state index contributed by atoms with van der Waals surface area (Å²) in [7, 11) is 1.28. The molecule has 2 aromatic heterocycles. The fourth-order valence-electron chi connectivity index (χ4n) is 2.41. The summed E-state index contributed by atoms with van der Waals surface area (Å²) in [6, 6.07) is 13.5. The van der Waals surface area contributed by atoms with Crippen LogP contribution in [0.2, 0.25) is 5.02 Å². The summed E-state index contributed by atoms with van der Waals surface area (Å²) in [4.78, 5) is 32.5. The third kappa shape index (κ3) is 4.83. The Bertz CT molecular complexity index is 996. The molecular formula is C20H17ClN4O3. The van der Waals surface area contributed by atoms with Crippen LogP contribution in [0.1, 0.15) is 26.5 Å². The number of aromatic nitrogens is 2. The van der Waals surface area contributed by atoms with Crippen molar-refractivity contribution in [2.24, 2.45) is 0 Å². The summed E-state index contributed by atoms with van der Waals surface area (Å²) in [5.41, 5.74) is 2.37. The van der Waals surface area contributed by atoms with Crippen LogP contribution in [-0.2, 0) is 11.3 Å². The van der Waals surface area contributed by atoms with E-state index in [1.807, 2.05) is 18.2 Å². The number of benzene rings is 1. The molecule has 0 aliphatic carbocycles. The Morgan fingerprint density at radius 3 is 2.68 bits per heavy atom. The van der Waals surface area contributed by atoms with E-state index in [2.05, 4.69) is 25.3 Å². The van der Waals surface area contributed by atoms with Crippen LogP contribution in [0.3, 0.4) is 0 Å². The number of pyridine rings is 2. The summed E-state index contributed by atoms with van der Waals surface area (Å²) in [5.74, 6) is -0.976. The molecule has 0 saturated heterocycles. The Hall–Kier alpha value is -3.45. The minimum Gasteiger partial charge on any atom is -0.465 e. The third-order valence-electron chi connectivity index (χ3n) is 3.83. The molecule has 1 aromatic carbocycles. The van der Waals surface area contributed by atoms with Crippen molar-refractivity contribution < 1.29 is 14.3 Å². The lowest BCUT2D eigenvalue weighted by atomic mass is 10.2. The second kappa shape index (κ2) is 8.96. The number of nitrogens with zero attached hydrogens (tertiary/aromatic N) is 2. The summed E-state index contributed by atoms with van der Waals surface area (Å²) in [6.45, 7) is 0.513. The van der Waals surface area contributed by atoms with Crippen molar-refractivity contribution in [3.63, 3.8) is 0 Å². The first-order chi connectivity index (χ1) is 13.6. The standard InChI is InChI=1S/C20H17ClN4O3/c1-28-20(27)13-5-6-16(21)17(10-13)25-19(26)18-11-14(7-9-23-18)24-12-15-4-2-3-8-22-15/h2-11H,12H2,1H3,(H,23,24)(H,25,26). The third-order valence-corrected chi connectivity index (χ3v) is 4.16. The van der Waals surface area contributed by atoms with Crippen molar-refractivity contribution >= 4 is 34.9 Å². The van der Waals surface area contributed by atoms with Crippen molar-refractivity contribution in [1.29, 1.82) is 0 Å². The van der Waals surface area contributed by atoms with E-state index >= 15 is 0 Å². The molecular weight excluding hydrogens is 380 g/mol. The minimum atomic E-state index is -0.522. The Morgan fingerprint density at radius 1 is 1.07 bits per heavy atom. The van der Waals surface area contributed by atoms with Gasteiger partial charge in [0.1, 0.15) is 5.69 Å². The Labute approximate surface area is 166 Å². The summed E-state index contributed by atoms with van der Waals surface area (Å²) in [5, 5.41) is 6.16. The Balaban J connectivity index is 1.72. The predicted molar refractivity (Wildman–Crippen MR) is 107 cm³/mol. The number of methoxy groups -OCH3 is 1. The van der Waals surface area contributed by atoms with E-state index in [-0.39, 0.29) is 11.3 Å². The topological polar surface area (TPSA) is 93.2 Å². The van der Waals surface area contributed by atoms with Crippen molar-refractivity contribution in [1.82, 2.24) is 9.97 Å². The molecule has 3 rings (SSSR count). The fourth-order valence-corrected chi connectivity index (χ4v) is 2.58. The van der Waals surface area contributed by atoms with Crippen LogP contribution in [0.5, 0.6) is 0 Å². The Kier molecular flexibility index (Phi) is 6.18. The molecule has 0 bridgehead atoms. The van der Waals surface area contributed by atoms with E-state index in [1.54, 1.807) is 18.3 Å². The van der Waals surface area contributed by atoms with Crippen molar-refractivity contribution in [2.75, 3.05) is 17.7 Å². The number of hydrogen-bond acceptors (Lipinski definition) is 6. The van der Waals surface area contributed by atoms with Gasteiger partial charge in [-0.25, -0.2) is 4.79 Å². The highest BCUT2D eigenvalue weighted by Gasteiger charge is 2.13. The lowest BCUT2D eigenvalue weighted by Gasteiger charge is -2.10. The molecule has 0 aliphatic heterocycles. The molecule has 0 aliphatic rings. The second-order valence-corrected chi connectivity index (χ2v) is 6.15. The zero-order valence-corrected chi connectivity index (χ0v) is 15.7. The fraction of sp³-hybridized carbons (Fsp3) is 0.100. The number of halogens is 1. The van der Waals surface area contributed by atoms with Gasteiger partial charge in [-0.05, 0) is 42.5 Å². The van der Waals surface area contributed by atoms with Gasteiger partial charge in [0.15, 0.2) is 0 Å². The van der Waals surface area contributed by atoms with E-state index in [0.717, 1.165) is 11.4 Å². The average molecular weight is 397 g/mol. The first kappa shape index (κ1) is 19.3. The molecule has 0 saturated carbocycles. The van der Waals surface area contributed by atoms with Gasteiger partial charge < -0.3 is 15.4 Å². The maximum absolute atomic E-state index is 12.6.